The fourth-order valence-corrected chi connectivity index (χ4v) is 5.59. The van der Waals surface area contributed by atoms with E-state index in [0.29, 0.717) is 0 Å². The van der Waals surface area contributed by atoms with Crippen LogP contribution in [0.25, 0.3) is 0 Å². The van der Waals surface area contributed by atoms with Crippen LogP contribution in [0.15, 0.2) is 59.1 Å². The number of hydrogen-bond donors (Lipinski definition) is 1. The first-order valence-corrected chi connectivity index (χ1v) is 12.1. The number of carboxylic acids is 1. The molecule has 31 heavy (non-hydrogen) atoms. The minimum atomic E-state index is -0.803. The van der Waals surface area contributed by atoms with E-state index in [1.807, 2.05) is 18.2 Å². The smallest absolute Gasteiger partial charge is 0.304 e. The Morgan fingerprint density at radius 1 is 1.32 bits per heavy atom. The third-order valence-corrected chi connectivity index (χ3v) is 7.49. The lowest BCUT2D eigenvalue weighted by molar-refractivity contribution is -0.137. The molecule has 7 heteroatoms. The van der Waals surface area contributed by atoms with E-state index in [9.17, 15) is 9.90 Å². The van der Waals surface area contributed by atoms with Gasteiger partial charge >= 0.3 is 5.97 Å². The largest absolute Gasteiger partial charge is 0.488 e. The van der Waals surface area contributed by atoms with Crippen LogP contribution in [-0.2, 0) is 11.3 Å². The molecule has 1 aromatic heterocycles. The van der Waals surface area contributed by atoms with Crippen molar-refractivity contribution in [3.63, 3.8) is 0 Å². The quantitative estimate of drug-likeness (QED) is 0.460. The number of hydrogen-bond acceptors (Lipinski definition) is 6. The number of fused-ring (bicyclic) bond motifs is 1. The van der Waals surface area contributed by atoms with Crippen LogP contribution >= 0.6 is 23.3 Å². The maximum Gasteiger partial charge on any atom is 0.304 e. The van der Waals surface area contributed by atoms with Gasteiger partial charge in [-0.25, -0.2) is 4.31 Å². The van der Waals surface area contributed by atoms with Gasteiger partial charge in [-0.1, -0.05) is 37.3 Å². The molecule has 1 aliphatic rings. The van der Waals surface area contributed by atoms with E-state index in [-0.39, 0.29) is 18.4 Å². The number of carboxylic acid groups (broad SMARTS) is 1. The molecular formula is C24H26N2O3S2. The number of nitrogens with zero attached hydrogens (tertiary/aromatic N) is 2. The summed E-state index contributed by atoms with van der Waals surface area (Å²) in [7, 11) is 0. The second-order valence-electron chi connectivity index (χ2n) is 7.75. The van der Waals surface area contributed by atoms with E-state index < -0.39 is 5.97 Å². The number of aliphatic carboxylic acids is 1. The van der Waals surface area contributed by atoms with Crippen molar-refractivity contribution in [3.05, 3.63) is 75.7 Å². The first-order valence-electron chi connectivity index (χ1n) is 10.4. The highest BCUT2D eigenvalue weighted by Gasteiger charge is 2.24. The Labute approximate surface area is 191 Å². The fraction of sp³-hybridized carbons (Fsp3) is 0.333. The molecular weight excluding hydrogens is 428 g/mol. The summed E-state index contributed by atoms with van der Waals surface area (Å²) in [5.41, 5.74) is 5.19. The Morgan fingerprint density at radius 2 is 2.16 bits per heavy atom. The van der Waals surface area contributed by atoms with Crippen molar-refractivity contribution in [1.29, 1.82) is 0 Å². The zero-order valence-electron chi connectivity index (χ0n) is 17.7. The van der Waals surface area contributed by atoms with E-state index in [4.69, 9.17) is 4.74 Å². The second kappa shape index (κ2) is 9.85. The average molecular weight is 455 g/mol. The van der Waals surface area contributed by atoms with Crippen molar-refractivity contribution in [2.75, 3.05) is 6.54 Å². The molecule has 2 atom stereocenters. The molecule has 162 valence electrons. The van der Waals surface area contributed by atoms with E-state index in [0.717, 1.165) is 40.6 Å². The topological polar surface area (TPSA) is 62.7 Å². The zero-order chi connectivity index (χ0) is 21.8. The number of rotatable bonds is 7. The van der Waals surface area contributed by atoms with Crippen LogP contribution in [0.5, 0.6) is 5.75 Å². The lowest BCUT2D eigenvalue weighted by Crippen LogP contribution is -2.29. The maximum atomic E-state index is 11.5. The summed E-state index contributed by atoms with van der Waals surface area (Å²) >= 11 is 3.24. The molecule has 1 unspecified atom stereocenters. The molecule has 0 fully saturated rings. The minimum Gasteiger partial charge on any atom is -0.488 e. The van der Waals surface area contributed by atoms with Gasteiger partial charge in [-0.2, -0.15) is 0 Å². The van der Waals surface area contributed by atoms with Gasteiger partial charge in [0.2, 0.25) is 0 Å². The van der Waals surface area contributed by atoms with Crippen LogP contribution in [0.3, 0.4) is 0 Å². The summed E-state index contributed by atoms with van der Waals surface area (Å²) in [4.78, 5) is 17.8. The van der Waals surface area contributed by atoms with Gasteiger partial charge in [-0.3, -0.25) is 9.78 Å². The summed E-state index contributed by atoms with van der Waals surface area (Å²) < 4.78 is 8.58. The number of carbonyl (C=O) groups is 1. The minimum absolute atomic E-state index is 0.0578. The Bertz CT molecular complexity index is 1040. The van der Waals surface area contributed by atoms with E-state index in [1.165, 1.54) is 22.5 Å². The molecule has 0 radical (unpaired) electrons. The highest BCUT2D eigenvalue weighted by atomic mass is 32.2. The summed E-state index contributed by atoms with van der Waals surface area (Å²) in [5, 5.41) is 9.47. The third-order valence-electron chi connectivity index (χ3n) is 5.53. The van der Waals surface area contributed by atoms with Crippen molar-refractivity contribution in [3.8, 4) is 5.75 Å². The fourth-order valence-electron chi connectivity index (χ4n) is 3.78. The molecule has 1 aliphatic heterocycles. The van der Waals surface area contributed by atoms with Gasteiger partial charge in [0, 0.05) is 30.1 Å². The molecule has 0 bridgehead atoms. The van der Waals surface area contributed by atoms with Crippen LogP contribution in [-0.4, -0.2) is 33.0 Å². The number of aromatic nitrogens is 1. The van der Waals surface area contributed by atoms with Gasteiger partial charge in [0.05, 0.1) is 16.8 Å². The highest BCUT2D eigenvalue weighted by Crippen LogP contribution is 2.38. The summed E-state index contributed by atoms with van der Waals surface area (Å²) in [6.07, 6.45) is 2.91. The van der Waals surface area contributed by atoms with E-state index >= 15 is 0 Å². The summed E-state index contributed by atoms with van der Waals surface area (Å²) in [6.45, 7) is 5.86. The number of thiazole rings is 1. The molecule has 0 spiro atoms. The third kappa shape index (κ3) is 5.29. The summed E-state index contributed by atoms with van der Waals surface area (Å²) in [6, 6.07) is 14.5. The van der Waals surface area contributed by atoms with Gasteiger partial charge in [0.15, 0.2) is 0 Å². The molecule has 3 aromatic rings. The molecule has 0 aliphatic carbocycles. The molecule has 4 rings (SSSR count). The SMILES string of the molecule is CC[C@@H]1CN(Cc2cc(C(CC(=O)O)c3cncs3)ccc2C)Sc2ccccc2O1. The molecule has 0 saturated heterocycles. The van der Waals surface area contributed by atoms with Crippen LogP contribution in [0, 0.1) is 6.92 Å². The Kier molecular flexibility index (Phi) is 6.95. The molecule has 2 heterocycles. The number of benzene rings is 2. The van der Waals surface area contributed by atoms with Crippen molar-refractivity contribution < 1.29 is 14.6 Å². The van der Waals surface area contributed by atoms with Crippen LogP contribution in [0.1, 0.15) is 47.3 Å². The van der Waals surface area contributed by atoms with Gasteiger partial charge in [-0.05, 0) is 54.1 Å². The lowest BCUT2D eigenvalue weighted by atomic mass is 9.91. The number of aryl methyl sites for hydroxylation is 1. The van der Waals surface area contributed by atoms with Crippen molar-refractivity contribution in [1.82, 2.24) is 9.29 Å². The Hall–Kier alpha value is -2.35. The van der Waals surface area contributed by atoms with Gasteiger partial charge < -0.3 is 9.84 Å². The van der Waals surface area contributed by atoms with Gasteiger partial charge in [0.25, 0.3) is 0 Å². The van der Waals surface area contributed by atoms with Crippen molar-refractivity contribution in [2.24, 2.45) is 0 Å². The predicted molar refractivity (Wildman–Crippen MR) is 125 cm³/mol. The normalized spacial score (nSPS) is 17.4. The average Bonchev–Trinajstić information content (AvgIpc) is 3.22. The first kappa shape index (κ1) is 21.9. The van der Waals surface area contributed by atoms with Crippen LogP contribution < -0.4 is 4.74 Å². The van der Waals surface area contributed by atoms with Crippen LogP contribution in [0.2, 0.25) is 0 Å². The van der Waals surface area contributed by atoms with Gasteiger partial charge in [0.1, 0.15) is 11.9 Å². The highest BCUT2D eigenvalue weighted by molar-refractivity contribution is 7.97. The van der Waals surface area contributed by atoms with Crippen LogP contribution in [0.4, 0.5) is 0 Å². The Balaban J connectivity index is 1.62. The Morgan fingerprint density at radius 3 is 2.90 bits per heavy atom. The molecule has 1 N–H and O–H groups in total. The predicted octanol–water partition coefficient (Wildman–Crippen LogP) is 5.74. The number of para-hydroxylation sites is 1. The van der Waals surface area contributed by atoms with Crippen molar-refractivity contribution in [2.45, 2.75) is 50.2 Å². The maximum absolute atomic E-state index is 11.5. The molecule has 0 saturated carbocycles. The lowest BCUT2D eigenvalue weighted by Gasteiger charge is -2.24. The first-order chi connectivity index (χ1) is 15.0. The summed E-state index contributed by atoms with van der Waals surface area (Å²) in [5.74, 6) is -0.0456. The van der Waals surface area contributed by atoms with E-state index in [2.05, 4.69) is 47.4 Å². The van der Waals surface area contributed by atoms with Gasteiger partial charge in [-0.15, -0.1) is 11.3 Å². The van der Waals surface area contributed by atoms with Crippen molar-refractivity contribution >= 4 is 29.3 Å². The zero-order valence-corrected chi connectivity index (χ0v) is 19.3. The monoisotopic (exact) mass is 454 g/mol. The molecule has 0 amide bonds. The standard InChI is InChI=1S/C24H26N2O3S2/c1-3-19-14-26(31-22-7-5-4-6-21(22)29-19)13-18-10-17(9-8-16(18)2)20(11-24(27)28)23-12-25-15-30-23/h4-10,12,15,19-20H,3,11,13-14H2,1-2H3,(H,27,28)/t19-,20?/m1/s1. The van der Waals surface area contributed by atoms with E-state index in [1.54, 1.807) is 23.7 Å². The molecule has 5 nitrogen and oxygen atoms in total. The molecule has 2 aromatic carbocycles. The second-order valence-corrected chi connectivity index (χ2v) is 9.81. The number of ether oxygens (including phenoxy) is 1.